The molecule has 0 aliphatic carbocycles. The highest BCUT2D eigenvalue weighted by molar-refractivity contribution is 9.10. The van der Waals surface area contributed by atoms with E-state index in [1.54, 1.807) is 0 Å². The van der Waals surface area contributed by atoms with Crippen LogP contribution < -0.4 is 0 Å². The third kappa shape index (κ3) is 3.02. The van der Waals surface area contributed by atoms with Crippen LogP contribution in [-0.4, -0.2) is 5.78 Å². The summed E-state index contributed by atoms with van der Waals surface area (Å²) in [5.74, 6) is 0.132. The van der Waals surface area contributed by atoms with Gasteiger partial charge in [-0.2, -0.15) is 0 Å². The fourth-order valence-electron chi connectivity index (χ4n) is 1.81. The van der Waals surface area contributed by atoms with Crippen LogP contribution >= 0.6 is 38.9 Å². The Morgan fingerprint density at radius 2 is 1.89 bits per heavy atom. The standard InChI is InChI=1S/C14H12BrClOS/c1-8-5-10(6-9(2)14(8)15)12(17)7-11-3-4-13(16)18-11/h3-6H,7H2,1-2H3. The number of thiophene rings is 1. The van der Waals surface area contributed by atoms with Gasteiger partial charge in [-0.05, 0) is 49.2 Å². The summed E-state index contributed by atoms with van der Waals surface area (Å²) in [6, 6.07) is 7.58. The molecule has 0 saturated carbocycles. The Morgan fingerprint density at radius 1 is 1.28 bits per heavy atom. The number of carbonyl (C=O) groups excluding carboxylic acids is 1. The summed E-state index contributed by atoms with van der Waals surface area (Å²) in [6.07, 6.45) is 0.415. The van der Waals surface area contributed by atoms with Crippen LogP contribution in [0, 0.1) is 13.8 Å². The van der Waals surface area contributed by atoms with Gasteiger partial charge < -0.3 is 0 Å². The van der Waals surface area contributed by atoms with Gasteiger partial charge in [-0.15, -0.1) is 11.3 Å². The molecule has 0 unspecified atom stereocenters. The van der Waals surface area contributed by atoms with E-state index in [0.29, 0.717) is 6.42 Å². The molecule has 0 saturated heterocycles. The van der Waals surface area contributed by atoms with Crippen molar-refractivity contribution >= 4 is 44.7 Å². The maximum atomic E-state index is 12.2. The number of benzene rings is 1. The lowest BCUT2D eigenvalue weighted by molar-refractivity contribution is 0.0993. The molecule has 2 rings (SSSR count). The molecule has 4 heteroatoms. The lowest BCUT2D eigenvalue weighted by atomic mass is 10.0. The molecule has 2 aromatic rings. The number of Topliss-reactive ketones (excluding diaryl/α,β-unsaturated/α-hetero) is 1. The van der Waals surface area contributed by atoms with E-state index < -0.39 is 0 Å². The molecular formula is C14H12BrClOS. The quantitative estimate of drug-likeness (QED) is 0.699. The zero-order valence-electron chi connectivity index (χ0n) is 10.1. The Hall–Kier alpha value is -0.640. The van der Waals surface area contributed by atoms with Gasteiger partial charge in [-0.1, -0.05) is 27.5 Å². The molecule has 0 radical (unpaired) electrons. The van der Waals surface area contributed by atoms with Crippen molar-refractivity contribution in [3.8, 4) is 0 Å². The van der Waals surface area contributed by atoms with Gasteiger partial charge >= 0.3 is 0 Å². The van der Waals surface area contributed by atoms with Crippen molar-refractivity contribution in [3.05, 3.63) is 54.6 Å². The van der Waals surface area contributed by atoms with Crippen molar-refractivity contribution in [2.75, 3.05) is 0 Å². The Morgan fingerprint density at radius 3 is 2.39 bits per heavy atom. The molecule has 0 bridgehead atoms. The van der Waals surface area contributed by atoms with Crippen LogP contribution in [0.1, 0.15) is 26.4 Å². The number of aryl methyl sites for hydroxylation is 2. The molecule has 1 aromatic heterocycles. The lowest BCUT2D eigenvalue weighted by Crippen LogP contribution is -2.03. The zero-order valence-corrected chi connectivity index (χ0v) is 13.2. The van der Waals surface area contributed by atoms with Gasteiger partial charge in [0.2, 0.25) is 0 Å². The summed E-state index contributed by atoms with van der Waals surface area (Å²) < 4.78 is 1.79. The van der Waals surface area contributed by atoms with Gasteiger partial charge in [-0.25, -0.2) is 0 Å². The molecule has 1 aromatic carbocycles. The van der Waals surface area contributed by atoms with Crippen LogP contribution in [0.4, 0.5) is 0 Å². The number of carbonyl (C=O) groups is 1. The van der Waals surface area contributed by atoms with Crippen LogP contribution in [0.15, 0.2) is 28.7 Å². The Labute approximate surface area is 124 Å². The number of ketones is 1. The summed E-state index contributed by atoms with van der Waals surface area (Å²) in [7, 11) is 0. The monoisotopic (exact) mass is 342 g/mol. The summed E-state index contributed by atoms with van der Waals surface area (Å²) in [5, 5.41) is 0. The third-order valence-electron chi connectivity index (χ3n) is 2.72. The van der Waals surface area contributed by atoms with Crippen LogP contribution in [0.2, 0.25) is 4.34 Å². The van der Waals surface area contributed by atoms with Gasteiger partial charge in [0.15, 0.2) is 5.78 Å². The Bertz CT molecular complexity index is 581. The first-order chi connectivity index (χ1) is 8.47. The second kappa shape index (κ2) is 5.55. The molecule has 0 aliphatic rings. The van der Waals surface area contributed by atoms with Crippen molar-refractivity contribution in [2.24, 2.45) is 0 Å². The lowest BCUT2D eigenvalue weighted by Gasteiger charge is -2.06. The molecule has 18 heavy (non-hydrogen) atoms. The van der Waals surface area contributed by atoms with Crippen molar-refractivity contribution in [2.45, 2.75) is 20.3 Å². The summed E-state index contributed by atoms with van der Waals surface area (Å²) in [6.45, 7) is 3.99. The molecule has 1 nitrogen and oxygen atoms in total. The average molecular weight is 344 g/mol. The Balaban J connectivity index is 2.24. The van der Waals surface area contributed by atoms with E-state index in [4.69, 9.17) is 11.6 Å². The fraction of sp³-hybridized carbons (Fsp3) is 0.214. The van der Waals surface area contributed by atoms with E-state index in [0.717, 1.165) is 30.4 Å². The highest BCUT2D eigenvalue weighted by Crippen LogP contribution is 2.25. The SMILES string of the molecule is Cc1cc(C(=O)Cc2ccc(Cl)s2)cc(C)c1Br. The molecule has 0 N–H and O–H groups in total. The molecular weight excluding hydrogens is 332 g/mol. The largest absolute Gasteiger partial charge is 0.294 e. The topological polar surface area (TPSA) is 17.1 Å². The fourth-order valence-corrected chi connectivity index (χ4v) is 3.13. The molecule has 0 fully saturated rings. The number of rotatable bonds is 3. The normalized spacial score (nSPS) is 10.7. The van der Waals surface area contributed by atoms with E-state index in [1.165, 1.54) is 11.3 Å². The van der Waals surface area contributed by atoms with E-state index in [9.17, 15) is 4.79 Å². The van der Waals surface area contributed by atoms with Crippen LogP contribution in [-0.2, 0) is 6.42 Å². The van der Waals surface area contributed by atoms with Gasteiger partial charge in [0.25, 0.3) is 0 Å². The van der Waals surface area contributed by atoms with Crippen LogP contribution in [0.3, 0.4) is 0 Å². The minimum absolute atomic E-state index is 0.132. The maximum Gasteiger partial charge on any atom is 0.168 e. The number of halogens is 2. The first-order valence-electron chi connectivity index (χ1n) is 5.51. The molecule has 1 heterocycles. The highest BCUT2D eigenvalue weighted by Gasteiger charge is 2.11. The van der Waals surface area contributed by atoms with Crippen molar-refractivity contribution in [1.29, 1.82) is 0 Å². The second-order valence-corrected chi connectivity index (χ2v) is 6.82. The van der Waals surface area contributed by atoms with Gasteiger partial charge in [0.1, 0.15) is 0 Å². The van der Waals surface area contributed by atoms with E-state index in [1.807, 2.05) is 38.1 Å². The molecule has 0 spiro atoms. The van der Waals surface area contributed by atoms with Gasteiger partial charge in [0.05, 0.1) is 4.34 Å². The van der Waals surface area contributed by atoms with Gasteiger partial charge in [-0.3, -0.25) is 4.79 Å². The highest BCUT2D eigenvalue weighted by atomic mass is 79.9. The number of hydrogen-bond donors (Lipinski definition) is 0. The molecule has 0 atom stereocenters. The average Bonchev–Trinajstić information content (AvgIpc) is 2.71. The minimum Gasteiger partial charge on any atom is -0.294 e. The van der Waals surface area contributed by atoms with Crippen LogP contribution in [0.25, 0.3) is 0 Å². The summed E-state index contributed by atoms with van der Waals surface area (Å²) >= 11 is 10.8. The van der Waals surface area contributed by atoms with E-state index >= 15 is 0 Å². The van der Waals surface area contributed by atoms with Crippen molar-refractivity contribution in [3.63, 3.8) is 0 Å². The first kappa shape index (κ1) is 13.8. The molecule has 0 amide bonds. The van der Waals surface area contributed by atoms with E-state index in [2.05, 4.69) is 15.9 Å². The minimum atomic E-state index is 0.132. The Kier molecular flexibility index (Phi) is 4.25. The predicted octanol–water partition coefficient (Wildman–Crippen LogP) is 5.21. The molecule has 0 aliphatic heterocycles. The van der Waals surface area contributed by atoms with Gasteiger partial charge in [0, 0.05) is 21.3 Å². The first-order valence-corrected chi connectivity index (χ1v) is 7.50. The van der Waals surface area contributed by atoms with Crippen LogP contribution in [0.5, 0.6) is 0 Å². The van der Waals surface area contributed by atoms with Crippen molar-refractivity contribution in [1.82, 2.24) is 0 Å². The zero-order chi connectivity index (χ0) is 13.3. The smallest absolute Gasteiger partial charge is 0.168 e. The maximum absolute atomic E-state index is 12.2. The second-order valence-electron chi connectivity index (χ2n) is 4.23. The molecule has 94 valence electrons. The van der Waals surface area contributed by atoms with E-state index in [-0.39, 0.29) is 5.78 Å². The number of hydrogen-bond acceptors (Lipinski definition) is 2. The predicted molar refractivity (Wildman–Crippen MR) is 81.0 cm³/mol. The third-order valence-corrected chi connectivity index (χ3v) is 5.20. The summed E-state index contributed by atoms with van der Waals surface area (Å²) in [4.78, 5) is 13.2. The van der Waals surface area contributed by atoms with Crippen molar-refractivity contribution < 1.29 is 4.79 Å². The summed E-state index contributed by atoms with van der Waals surface area (Å²) in [5.41, 5.74) is 2.93.